The normalized spacial score (nSPS) is 14.0. The Bertz CT molecular complexity index is 1430. The lowest BCUT2D eigenvalue weighted by molar-refractivity contribution is -0.192. The van der Waals surface area contributed by atoms with Crippen LogP contribution in [0.4, 0.5) is 30.6 Å². The zero-order valence-electron chi connectivity index (χ0n) is 20.4. The third-order valence-electron chi connectivity index (χ3n) is 5.78. The molecule has 39 heavy (non-hydrogen) atoms. The zero-order valence-corrected chi connectivity index (χ0v) is 21.9. The van der Waals surface area contributed by atoms with Crippen molar-refractivity contribution >= 4 is 57.7 Å². The fourth-order valence-corrected chi connectivity index (χ4v) is 4.25. The highest BCUT2D eigenvalue weighted by atomic mass is 35.5. The lowest BCUT2D eigenvalue weighted by Gasteiger charge is -2.36. The summed E-state index contributed by atoms with van der Waals surface area (Å²) in [6.07, 6.45) is -3.32. The molecule has 1 aliphatic rings. The van der Waals surface area contributed by atoms with Gasteiger partial charge in [-0.05, 0) is 48.0 Å². The minimum atomic E-state index is -5.08. The molecular formula is C26H23Cl2F3N6O2. The highest BCUT2D eigenvalue weighted by molar-refractivity contribution is 6.33. The molecule has 0 unspecified atom stereocenters. The van der Waals surface area contributed by atoms with Crippen molar-refractivity contribution in [3.05, 3.63) is 82.5 Å². The highest BCUT2D eigenvalue weighted by Crippen LogP contribution is 2.29. The van der Waals surface area contributed by atoms with Crippen LogP contribution in [0.15, 0.2) is 66.9 Å². The van der Waals surface area contributed by atoms with Crippen molar-refractivity contribution in [2.45, 2.75) is 12.7 Å². The van der Waals surface area contributed by atoms with E-state index in [-0.39, 0.29) is 0 Å². The zero-order chi connectivity index (χ0) is 28.0. The molecule has 2 aromatic heterocycles. The summed E-state index contributed by atoms with van der Waals surface area (Å²) in [5.41, 5.74) is 2.78. The van der Waals surface area contributed by atoms with E-state index in [0.29, 0.717) is 10.8 Å². The number of halogens is 5. The van der Waals surface area contributed by atoms with E-state index in [9.17, 15) is 13.2 Å². The Morgan fingerprint density at radius 2 is 1.59 bits per heavy atom. The number of alkyl halides is 3. The summed E-state index contributed by atoms with van der Waals surface area (Å²) in [7, 11) is 0. The lowest BCUT2D eigenvalue weighted by atomic mass is 10.2. The number of rotatable bonds is 5. The minimum absolute atomic E-state index is 0.708. The number of hydrogen-bond acceptors (Lipinski definition) is 7. The first-order valence-electron chi connectivity index (χ1n) is 11.8. The van der Waals surface area contributed by atoms with E-state index < -0.39 is 12.1 Å². The number of aliphatic carboxylic acids is 1. The molecule has 1 saturated heterocycles. The van der Waals surface area contributed by atoms with Crippen molar-refractivity contribution in [2.24, 2.45) is 0 Å². The van der Waals surface area contributed by atoms with Crippen molar-refractivity contribution in [2.75, 3.05) is 36.4 Å². The topological polar surface area (TPSA) is 94.5 Å². The van der Waals surface area contributed by atoms with Crippen molar-refractivity contribution in [3.8, 4) is 0 Å². The molecule has 0 spiro atoms. The largest absolute Gasteiger partial charge is 0.490 e. The molecule has 2 aromatic carbocycles. The number of pyridine rings is 1. The first kappa shape index (κ1) is 28.3. The Balaban J connectivity index is 0.000000448. The first-order valence-corrected chi connectivity index (χ1v) is 12.5. The molecule has 1 fully saturated rings. The molecule has 0 radical (unpaired) electrons. The van der Waals surface area contributed by atoms with E-state index in [1.54, 1.807) is 6.20 Å². The second kappa shape index (κ2) is 12.5. The van der Waals surface area contributed by atoms with Gasteiger partial charge in [0.25, 0.3) is 0 Å². The molecule has 204 valence electrons. The summed E-state index contributed by atoms with van der Waals surface area (Å²) >= 11 is 12.5. The third-order valence-corrected chi connectivity index (χ3v) is 6.38. The SMILES string of the molecule is Clc1ccc(Cl)c(CN2CCN(c3nc4ccccc4nc3Nc3ccccn3)CC2)c1.O=C(O)C(F)(F)F. The van der Waals surface area contributed by atoms with E-state index in [2.05, 4.69) is 20.1 Å². The second-order valence-electron chi connectivity index (χ2n) is 8.53. The summed E-state index contributed by atoms with van der Waals surface area (Å²) < 4.78 is 31.7. The summed E-state index contributed by atoms with van der Waals surface area (Å²) in [4.78, 5) is 27.7. The maximum atomic E-state index is 10.6. The predicted molar refractivity (Wildman–Crippen MR) is 145 cm³/mol. The van der Waals surface area contributed by atoms with Crippen LogP contribution in [0.2, 0.25) is 10.0 Å². The van der Waals surface area contributed by atoms with Gasteiger partial charge in [0.2, 0.25) is 0 Å². The molecule has 0 amide bonds. The van der Waals surface area contributed by atoms with Gasteiger partial charge in [-0.2, -0.15) is 13.2 Å². The van der Waals surface area contributed by atoms with Gasteiger partial charge in [-0.3, -0.25) is 4.90 Å². The Hall–Kier alpha value is -3.67. The molecule has 13 heteroatoms. The lowest BCUT2D eigenvalue weighted by Crippen LogP contribution is -2.46. The molecule has 8 nitrogen and oxygen atoms in total. The van der Waals surface area contributed by atoms with Crippen molar-refractivity contribution in [1.29, 1.82) is 0 Å². The van der Waals surface area contributed by atoms with Crippen molar-refractivity contribution in [1.82, 2.24) is 19.9 Å². The number of fused-ring (bicyclic) bond motifs is 1. The van der Waals surface area contributed by atoms with Gasteiger partial charge in [0.05, 0.1) is 11.0 Å². The third kappa shape index (κ3) is 7.69. The molecule has 0 bridgehead atoms. The second-order valence-corrected chi connectivity index (χ2v) is 9.37. The van der Waals surface area contributed by atoms with Gasteiger partial charge in [0, 0.05) is 49.0 Å². The number of para-hydroxylation sites is 2. The van der Waals surface area contributed by atoms with Gasteiger partial charge >= 0.3 is 12.1 Å². The number of carboxylic acid groups (broad SMARTS) is 1. The number of hydrogen-bond donors (Lipinski definition) is 2. The van der Waals surface area contributed by atoms with E-state index in [1.165, 1.54) is 0 Å². The van der Waals surface area contributed by atoms with Gasteiger partial charge in [-0.25, -0.2) is 19.7 Å². The number of aromatic nitrogens is 3. The van der Waals surface area contributed by atoms with Crippen LogP contribution in [0.3, 0.4) is 0 Å². The van der Waals surface area contributed by atoms with Crippen LogP contribution in [-0.4, -0.2) is 63.3 Å². The fourth-order valence-electron chi connectivity index (χ4n) is 3.88. The average Bonchev–Trinajstić information content (AvgIpc) is 2.91. The molecule has 4 aromatic rings. The van der Waals surface area contributed by atoms with Gasteiger partial charge in [0.1, 0.15) is 5.82 Å². The van der Waals surface area contributed by atoms with E-state index in [1.807, 2.05) is 60.7 Å². The highest BCUT2D eigenvalue weighted by Gasteiger charge is 2.38. The molecule has 3 heterocycles. The van der Waals surface area contributed by atoms with Gasteiger partial charge in [-0.15, -0.1) is 0 Å². The van der Waals surface area contributed by atoms with Crippen LogP contribution in [0, 0.1) is 0 Å². The van der Waals surface area contributed by atoms with Crippen LogP contribution in [0.1, 0.15) is 5.56 Å². The number of nitrogens with one attached hydrogen (secondary N) is 1. The Kier molecular flexibility index (Phi) is 9.05. The summed E-state index contributed by atoms with van der Waals surface area (Å²) in [6, 6.07) is 19.3. The van der Waals surface area contributed by atoms with Crippen LogP contribution in [0.25, 0.3) is 11.0 Å². The first-order chi connectivity index (χ1) is 18.6. The van der Waals surface area contributed by atoms with Crippen LogP contribution < -0.4 is 10.2 Å². The maximum Gasteiger partial charge on any atom is 0.490 e. The van der Waals surface area contributed by atoms with Crippen LogP contribution >= 0.6 is 23.2 Å². The summed E-state index contributed by atoms with van der Waals surface area (Å²) in [5.74, 6) is -0.455. The number of piperazine rings is 1. The quantitative estimate of drug-likeness (QED) is 0.296. The number of nitrogens with zero attached hydrogens (tertiary/aromatic N) is 5. The number of anilines is 3. The van der Waals surface area contributed by atoms with Crippen molar-refractivity contribution < 1.29 is 23.1 Å². The van der Waals surface area contributed by atoms with E-state index >= 15 is 0 Å². The van der Waals surface area contributed by atoms with Crippen LogP contribution in [-0.2, 0) is 11.3 Å². The van der Waals surface area contributed by atoms with Gasteiger partial charge in [-0.1, -0.05) is 41.4 Å². The molecule has 2 N–H and O–H groups in total. The molecule has 1 aliphatic heterocycles. The average molecular weight is 579 g/mol. The van der Waals surface area contributed by atoms with Crippen molar-refractivity contribution in [3.63, 3.8) is 0 Å². The fraction of sp³-hybridized carbons (Fsp3) is 0.231. The molecule has 0 saturated carbocycles. The molecule has 0 aliphatic carbocycles. The summed E-state index contributed by atoms with van der Waals surface area (Å²) in [6.45, 7) is 4.22. The van der Waals surface area contributed by atoms with E-state index in [0.717, 1.165) is 66.0 Å². The predicted octanol–water partition coefficient (Wildman–Crippen LogP) is 6.03. The smallest absolute Gasteiger partial charge is 0.475 e. The number of carbonyl (C=O) groups is 1. The molecular weight excluding hydrogens is 556 g/mol. The van der Waals surface area contributed by atoms with E-state index in [4.69, 9.17) is 43.1 Å². The van der Waals surface area contributed by atoms with Gasteiger partial charge in [0.15, 0.2) is 11.6 Å². The summed E-state index contributed by atoms with van der Waals surface area (Å²) in [5, 5.41) is 11.9. The molecule has 0 atom stereocenters. The Morgan fingerprint density at radius 1 is 0.949 bits per heavy atom. The standard InChI is InChI=1S/C24H22Cl2N6.C2HF3O2/c25-18-8-9-19(26)17(15-18)16-31-11-13-32(14-12-31)24-23(30-22-7-3-4-10-27-22)28-20-5-1-2-6-21(20)29-24;3-2(4,5)1(6)7/h1-10,15H,11-14,16H2,(H,27,28,30);(H,6,7). The van der Waals surface area contributed by atoms with Crippen LogP contribution in [0.5, 0.6) is 0 Å². The minimum Gasteiger partial charge on any atom is -0.475 e. The monoisotopic (exact) mass is 578 g/mol. The van der Waals surface area contributed by atoms with Gasteiger partial charge < -0.3 is 15.3 Å². The molecule has 5 rings (SSSR count). The Labute approximate surface area is 232 Å². The number of carboxylic acids is 1. The number of benzene rings is 2. The Morgan fingerprint density at radius 3 is 2.21 bits per heavy atom. The maximum absolute atomic E-state index is 10.6.